The summed E-state index contributed by atoms with van der Waals surface area (Å²) in [5.41, 5.74) is 2.84. The van der Waals surface area contributed by atoms with Crippen molar-refractivity contribution in [2.45, 2.75) is 0 Å². The highest BCUT2D eigenvalue weighted by molar-refractivity contribution is 5.92. The van der Waals surface area contributed by atoms with Gasteiger partial charge < -0.3 is 9.47 Å². The topological polar surface area (TPSA) is 52.6 Å². The van der Waals surface area contributed by atoms with Gasteiger partial charge in [-0.25, -0.2) is 9.59 Å². The van der Waals surface area contributed by atoms with Gasteiger partial charge in [0.2, 0.25) is 0 Å². The van der Waals surface area contributed by atoms with Crippen molar-refractivity contribution in [1.82, 2.24) is 0 Å². The Morgan fingerprint density at radius 1 is 0.469 bits per heavy atom. The Morgan fingerprint density at radius 2 is 0.812 bits per heavy atom. The molecule has 0 unspecified atom stereocenters. The molecule has 0 radical (unpaired) electrons. The quantitative estimate of drug-likeness (QED) is 0.209. The summed E-state index contributed by atoms with van der Waals surface area (Å²) in [6, 6.07) is 32.3. The number of ether oxygens (including phenoxy) is 2. The number of para-hydroxylation sites is 2. The van der Waals surface area contributed by atoms with Gasteiger partial charge in [0, 0.05) is 0 Å². The van der Waals surface area contributed by atoms with Gasteiger partial charge >= 0.3 is 11.9 Å². The minimum absolute atomic E-state index is 0.398. The van der Waals surface area contributed by atoms with Crippen LogP contribution in [0.5, 0.6) is 11.5 Å². The van der Waals surface area contributed by atoms with E-state index in [1.54, 1.807) is 48.5 Å². The fourth-order valence-electron chi connectivity index (χ4n) is 2.96. The van der Waals surface area contributed by atoms with Crippen molar-refractivity contribution in [3.8, 4) is 11.5 Å². The zero-order valence-corrected chi connectivity index (χ0v) is 17.2. The number of carbonyl (C=O) groups is 2. The molecule has 4 rings (SSSR count). The molecule has 4 aromatic rings. The predicted molar refractivity (Wildman–Crippen MR) is 125 cm³/mol. The fraction of sp³-hybridized carbons (Fsp3) is 0. The van der Waals surface area contributed by atoms with Crippen molar-refractivity contribution >= 4 is 24.1 Å². The third-order valence-corrected chi connectivity index (χ3v) is 4.67. The van der Waals surface area contributed by atoms with Crippen LogP contribution < -0.4 is 9.47 Å². The molecule has 0 spiro atoms. The van der Waals surface area contributed by atoms with Gasteiger partial charge in [-0.05, 0) is 59.7 Å². The molecule has 4 heteroatoms. The molecule has 0 aliphatic rings. The summed E-state index contributed by atoms with van der Waals surface area (Å²) in [5.74, 6) is 0.226. The maximum atomic E-state index is 12.2. The minimum atomic E-state index is -0.398. The van der Waals surface area contributed by atoms with E-state index in [1.807, 2.05) is 72.8 Å². The zero-order valence-electron chi connectivity index (χ0n) is 17.2. The summed E-state index contributed by atoms with van der Waals surface area (Å²) in [4.78, 5) is 24.5. The van der Waals surface area contributed by atoms with E-state index in [0.29, 0.717) is 22.6 Å². The van der Waals surface area contributed by atoms with Gasteiger partial charge in [0.05, 0.1) is 11.1 Å². The maximum absolute atomic E-state index is 12.2. The number of esters is 2. The van der Waals surface area contributed by atoms with E-state index >= 15 is 0 Å². The van der Waals surface area contributed by atoms with Crippen LogP contribution in [-0.4, -0.2) is 11.9 Å². The monoisotopic (exact) mass is 420 g/mol. The Labute approximate surface area is 186 Å². The molecule has 0 saturated carbocycles. The van der Waals surface area contributed by atoms with Crippen LogP contribution in [-0.2, 0) is 0 Å². The molecule has 4 nitrogen and oxygen atoms in total. The molecular formula is C28H20O4. The lowest BCUT2D eigenvalue weighted by molar-refractivity contribution is 0.0725. The number of carbonyl (C=O) groups excluding carboxylic acids is 2. The van der Waals surface area contributed by atoms with E-state index in [2.05, 4.69) is 0 Å². The third kappa shape index (κ3) is 5.58. The largest absolute Gasteiger partial charge is 0.423 e. The Hall–Kier alpha value is -4.44. The van der Waals surface area contributed by atoms with Crippen LogP contribution in [0.3, 0.4) is 0 Å². The van der Waals surface area contributed by atoms with Crippen LogP contribution in [0.4, 0.5) is 0 Å². The van der Waals surface area contributed by atoms with Crippen LogP contribution in [0.1, 0.15) is 31.8 Å². The van der Waals surface area contributed by atoms with Gasteiger partial charge in [-0.15, -0.1) is 0 Å². The summed E-state index contributed by atoms with van der Waals surface area (Å²) >= 11 is 0. The molecule has 0 atom stereocenters. The Bertz CT molecular complexity index is 1110. The predicted octanol–water partition coefficient (Wildman–Crippen LogP) is 6.30. The molecule has 0 fully saturated rings. The van der Waals surface area contributed by atoms with E-state index in [1.165, 1.54) is 0 Å². The molecule has 0 amide bonds. The highest BCUT2D eigenvalue weighted by atomic mass is 16.5. The molecule has 0 aromatic heterocycles. The highest BCUT2D eigenvalue weighted by Crippen LogP contribution is 2.16. The number of hydrogen-bond donors (Lipinski definition) is 0. The summed E-state index contributed by atoms with van der Waals surface area (Å²) in [5, 5.41) is 0. The molecule has 32 heavy (non-hydrogen) atoms. The van der Waals surface area contributed by atoms with Crippen molar-refractivity contribution in [3.05, 3.63) is 131 Å². The molecule has 0 saturated heterocycles. The minimum Gasteiger partial charge on any atom is -0.423 e. The summed E-state index contributed by atoms with van der Waals surface area (Å²) in [7, 11) is 0. The lowest BCUT2D eigenvalue weighted by atomic mass is 10.1. The van der Waals surface area contributed by atoms with Gasteiger partial charge in [0.15, 0.2) is 0 Å². The second-order valence-corrected chi connectivity index (χ2v) is 6.98. The molecule has 0 N–H and O–H groups in total. The van der Waals surface area contributed by atoms with Crippen molar-refractivity contribution < 1.29 is 19.1 Å². The van der Waals surface area contributed by atoms with Gasteiger partial charge in [-0.2, -0.15) is 0 Å². The first-order chi connectivity index (χ1) is 15.7. The average molecular weight is 420 g/mol. The first-order valence-corrected chi connectivity index (χ1v) is 10.1. The number of rotatable bonds is 6. The normalized spacial score (nSPS) is 10.6. The highest BCUT2D eigenvalue weighted by Gasteiger charge is 2.09. The van der Waals surface area contributed by atoms with Crippen LogP contribution in [0.25, 0.3) is 12.2 Å². The van der Waals surface area contributed by atoms with Gasteiger partial charge in [0.1, 0.15) is 11.5 Å². The maximum Gasteiger partial charge on any atom is 0.343 e. The van der Waals surface area contributed by atoms with E-state index in [-0.39, 0.29) is 0 Å². The Kier molecular flexibility index (Phi) is 6.54. The molecule has 0 aliphatic heterocycles. The van der Waals surface area contributed by atoms with E-state index in [4.69, 9.17) is 9.47 Å². The third-order valence-electron chi connectivity index (χ3n) is 4.67. The smallest absolute Gasteiger partial charge is 0.343 e. The first kappa shape index (κ1) is 20.8. The Balaban J connectivity index is 1.35. The second kappa shape index (κ2) is 10.0. The number of benzene rings is 4. The van der Waals surface area contributed by atoms with Crippen molar-refractivity contribution in [2.75, 3.05) is 0 Å². The molecule has 4 aromatic carbocycles. The van der Waals surface area contributed by atoms with E-state index < -0.39 is 11.9 Å². The van der Waals surface area contributed by atoms with E-state index in [9.17, 15) is 9.59 Å². The SMILES string of the molecule is O=C(Oc1ccccc1)c1ccc(/C=C/c2ccc(C(=O)Oc3ccccc3)cc2)cc1. The van der Waals surface area contributed by atoms with Crippen molar-refractivity contribution in [2.24, 2.45) is 0 Å². The summed E-state index contributed by atoms with van der Waals surface area (Å²) in [6.07, 6.45) is 3.87. The van der Waals surface area contributed by atoms with Crippen LogP contribution in [0, 0.1) is 0 Å². The first-order valence-electron chi connectivity index (χ1n) is 10.1. The Morgan fingerprint density at radius 3 is 1.16 bits per heavy atom. The second-order valence-electron chi connectivity index (χ2n) is 6.98. The molecule has 0 aliphatic carbocycles. The fourth-order valence-corrected chi connectivity index (χ4v) is 2.96. The standard InChI is InChI=1S/C28H20O4/c29-27(31-25-7-3-1-4-8-25)23-17-13-21(14-18-23)11-12-22-15-19-24(20-16-22)28(30)32-26-9-5-2-6-10-26/h1-20H/b12-11+. The van der Waals surface area contributed by atoms with Crippen molar-refractivity contribution in [1.29, 1.82) is 0 Å². The lowest BCUT2D eigenvalue weighted by Gasteiger charge is -2.05. The van der Waals surface area contributed by atoms with E-state index in [0.717, 1.165) is 11.1 Å². The van der Waals surface area contributed by atoms with Crippen molar-refractivity contribution in [3.63, 3.8) is 0 Å². The van der Waals surface area contributed by atoms with Crippen LogP contribution in [0.2, 0.25) is 0 Å². The van der Waals surface area contributed by atoms with Crippen LogP contribution >= 0.6 is 0 Å². The van der Waals surface area contributed by atoms with Gasteiger partial charge in [-0.1, -0.05) is 72.8 Å². The molecular weight excluding hydrogens is 400 g/mol. The van der Waals surface area contributed by atoms with Gasteiger partial charge in [0.25, 0.3) is 0 Å². The summed E-state index contributed by atoms with van der Waals surface area (Å²) in [6.45, 7) is 0. The zero-order chi connectivity index (χ0) is 22.2. The average Bonchev–Trinajstić information content (AvgIpc) is 2.84. The molecule has 0 bridgehead atoms. The molecule has 156 valence electrons. The summed E-state index contributed by atoms with van der Waals surface area (Å²) < 4.78 is 10.7. The van der Waals surface area contributed by atoms with Gasteiger partial charge in [-0.3, -0.25) is 0 Å². The number of hydrogen-bond acceptors (Lipinski definition) is 4. The lowest BCUT2D eigenvalue weighted by Crippen LogP contribution is -2.08. The molecule has 0 heterocycles. The van der Waals surface area contributed by atoms with Crippen LogP contribution in [0.15, 0.2) is 109 Å².